The highest BCUT2D eigenvalue weighted by Gasteiger charge is 2.59. The van der Waals surface area contributed by atoms with E-state index in [1.54, 1.807) is 0 Å². The van der Waals surface area contributed by atoms with Gasteiger partial charge in [-0.2, -0.15) is 0 Å². The molecular formula is C18H27NO2. The lowest BCUT2D eigenvalue weighted by Gasteiger charge is -2.63. The summed E-state index contributed by atoms with van der Waals surface area (Å²) >= 11 is 0. The Morgan fingerprint density at radius 2 is 1.90 bits per heavy atom. The summed E-state index contributed by atoms with van der Waals surface area (Å²) in [7, 11) is 2.24. The Morgan fingerprint density at radius 1 is 1.24 bits per heavy atom. The van der Waals surface area contributed by atoms with Gasteiger partial charge in [0.15, 0.2) is 0 Å². The van der Waals surface area contributed by atoms with Crippen LogP contribution in [0.25, 0.3) is 0 Å². The predicted octanol–water partition coefficient (Wildman–Crippen LogP) is 2.96. The van der Waals surface area contributed by atoms with Gasteiger partial charge in [-0.1, -0.05) is 30.7 Å². The molecule has 2 unspecified atom stereocenters. The summed E-state index contributed by atoms with van der Waals surface area (Å²) in [4.78, 5) is 2.50. The first-order valence-electron chi connectivity index (χ1n) is 8.20. The molecule has 2 atom stereocenters. The molecule has 0 bridgehead atoms. The van der Waals surface area contributed by atoms with Gasteiger partial charge >= 0.3 is 0 Å². The zero-order valence-electron chi connectivity index (χ0n) is 13.2. The molecule has 2 aliphatic rings. The Kier molecular flexibility index (Phi) is 4.34. The second-order valence-corrected chi connectivity index (χ2v) is 6.67. The molecule has 116 valence electrons. The number of ether oxygens (including phenoxy) is 1. The molecule has 0 aliphatic heterocycles. The normalized spacial score (nSPS) is 26.7. The molecule has 2 fully saturated rings. The SMILES string of the molecule is CCOC1CC(N(C)Cc2ccc(CO)cc2)C12CCC2. The van der Waals surface area contributed by atoms with Crippen molar-refractivity contribution in [3.05, 3.63) is 35.4 Å². The molecule has 0 radical (unpaired) electrons. The zero-order chi connectivity index (χ0) is 14.9. The highest BCUT2D eigenvalue weighted by molar-refractivity contribution is 5.22. The summed E-state index contributed by atoms with van der Waals surface area (Å²) in [5, 5.41) is 9.11. The fourth-order valence-electron chi connectivity index (χ4n) is 4.17. The maximum Gasteiger partial charge on any atom is 0.0681 e. The predicted molar refractivity (Wildman–Crippen MR) is 83.9 cm³/mol. The van der Waals surface area contributed by atoms with E-state index in [-0.39, 0.29) is 6.61 Å². The minimum atomic E-state index is 0.123. The van der Waals surface area contributed by atoms with Crippen LogP contribution in [0.4, 0.5) is 0 Å². The van der Waals surface area contributed by atoms with Gasteiger partial charge in [0.05, 0.1) is 12.7 Å². The molecule has 3 nitrogen and oxygen atoms in total. The van der Waals surface area contributed by atoms with Crippen LogP contribution < -0.4 is 0 Å². The third-order valence-electron chi connectivity index (χ3n) is 5.56. The zero-order valence-corrected chi connectivity index (χ0v) is 13.2. The van der Waals surface area contributed by atoms with Crippen molar-refractivity contribution in [2.45, 2.75) is 57.9 Å². The molecule has 0 saturated heterocycles. The lowest BCUT2D eigenvalue weighted by Crippen LogP contribution is -2.66. The molecular weight excluding hydrogens is 262 g/mol. The Labute approximate surface area is 127 Å². The van der Waals surface area contributed by atoms with Crippen LogP contribution in [0, 0.1) is 5.41 Å². The first-order chi connectivity index (χ1) is 10.2. The fourth-order valence-corrected chi connectivity index (χ4v) is 4.17. The summed E-state index contributed by atoms with van der Waals surface area (Å²) in [6.07, 6.45) is 5.69. The van der Waals surface area contributed by atoms with Crippen LogP contribution in [0.2, 0.25) is 0 Å². The van der Waals surface area contributed by atoms with Crippen molar-refractivity contribution in [2.75, 3.05) is 13.7 Å². The maximum absolute atomic E-state index is 9.11. The first-order valence-corrected chi connectivity index (χ1v) is 8.20. The number of benzene rings is 1. The monoisotopic (exact) mass is 289 g/mol. The molecule has 0 amide bonds. The second kappa shape index (κ2) is 6.07. The van der Waals surface area contributed by atoms with Crippen LogP contribution in [0.1, 0.15) is 43.7 Å². The lowest BCUT2D eigenvalue weighted by molar-refractivity contribution is -0.201. The van der Waals surface area contributed by atoms with Gasteiger partial charge in [-0.25, -0.2) is 0 Å². The lowest BCUT2D eigenvalue weighted by atomic mass is 9.50. The van der Waals surface area contributed by atoms with Gasteiger partial charge < -0.3 is 9.84 Å². The van der Waals surface area contributed by atoms with E-state index >= 15 is 0 Å². The Hall–Kier alpha value is -0.900. The molecule has 3 rings (SSSR count). The smallest absolute Gasteiger partial charge is 0.0681 e. The molecule has 0 aromatic heterocycles. The highest BCUT2D eigenvalue weighted by Crippen LogP contribution is 2.59. The van der Waals surface area contributed by atoms with Crippen LogP contribution >= 0.6 is 0 Å². The van der Waals surface area contributed by atoms with Crippen molar-refractivity contribution < 1.29 is 9.84 Å². The van der Waals surface area contributed by atoms with E-state index < -0.39 is 0 Å². The standard InChI is InChI=1S/C18H27NO2/c1-3-21-17-11-16(18(17)9-4-10-18)19(2)12-14-5-7-15(13-20)8-6-14/h5-8,16-17,20H,3-4,9-13H2,1-2H3. The van der Waals surface area contributed by atoms with Crippen molar-refractivity contribution >= 4 is 0 Å². The van der Waals surface area contributed by atoms with Gasteiger partial charge in [0, 0.05) is 24.6 Å². The minimum Gasteiger partial charge on any atom is -0.392 e. The number of aliphatic hydroxyl groups is 1. The molecule has 21 heavy (non-hydrogen) atoms. The van der Waals surface area contributed by atoms with E-state index in [0.717, 1.165) is 18.7 Å². The van der Waals surface area contributed by atoms with Crippen LogP contribution in [0.5, 0.6) is 0 Å². The average Bonchev–Trinajstić information content (AvgIpc) is 2.42. The summed E-state index contributed by atoms with van der Waals surface area (Å²) in [5.41, 5.74) is 2.75. The van der Waals surface area contributed by atoms with Crippen LogP contribution in [-0.4, -0.2) is 35.8 Å². The fraction of sp³-hybridized carbons (Fsp3) is 0.667. The minimum absolute atomic E-state index is 0.123. The number of hydrogen-bond donors (Lipinski definition) is 1. The highest BCUT2D eigenvalue weighted by atomic mass is 16.5. The Bertz CT molecular complexity index is 467. The second-order valence-electron chi connectivity index (χ2n) is 6.67. The van der Waals surface area contributed by atoms with Gasteiger partial charge in [-0.3, -0.25) is 4.90 Å². The van der Waals surface area contributed by atoms with Crippen molar-refractivity contribution in [3.63, 3.8) is 0 Å². The van der Waals surface area contributed by atoms with E-state index in [1.807, 2.05) is 12.1 Å². The van der Waals surface area contributed by atoms with Crippen molar-refractivity contribution in [1.29, 1.82) is 0 Å². The quantitative estimate of drug-likeness (QED) is 0.874. The average molecular weight is 289 g/mol. The van der Waals surface area contributed by atoms with E-state index in [9.17, 15) is 0 Å². The topological polar surface area (TPSA) is 32.7 Å². The molecule has 1 N–H and O–H groups in total. The van der Waals surface area contributed by atoms with Gasteiger partial charge in [0.2, 0.25) is 0 Å². The molecule has 0 heterocycles. The number of aliphatic hydroxyl groups excluding tert-OH is 1. The number of rotatable bonds is 6. The third kappa shape index (κ3) is 2.63. The molecule has 3 heteroatoms. The summed E-state index contributed by atoms with van der Waals surface area (Å²) in [6, 6.07) is 8.97. The van der Waals surface area contributed by atoms with Crippen LogP contribution in [-0.2, 0) is 17.9 Å². The summed E-state index contributed by atoms with van der Waals surface area (Å²) in [6.45, 7) is 4.05. The molecule has 2 aliphatic carbocycles. The van der Waals surface area contributed by atoms with E-state index in [4.69, 9.17) is 9.84 Å². The van der Waals surface area contributed by atoms with E-state index in [2.05, 4.69) is 31.0 Å². The third-order valence-corrected chi connectivity index (χ3v) is 5.56. The Balaban J connectivity index is 1.61. The molecule has 1 aromatic carbocycles. The van der Waals surface area contributed by atoms with Crippen molar-refractivity contribution in [1.82, 2.24) is 4.90 Å². The summed E-state index contributed by atoms with van der Waals surface area (Å²) < 4.78 is 5.94. The first kappa shape index (κ1) is 15.0. The largest absolute Gasteiger partial charge is 0.392 e. The van der Waals surface area contributed by atoms with Crippen LogP contribution in [0.3, 0.4) is 0 Å². The Morgan fingerprint density at radius 3 is 2.43 bits per heavy atom. The molecule has 1 spiro atoms. The van der Waals surface area contributed by atoms with Crippen molar-refractivity contribution in [2.24, 2.45) is 5.41 Å². The van der Waals surface area contributed by atoms with Crippen LogP contribution in [0.15, 0.2) is 24.3 Å². The molecule has 1 aromatic rings. The molecule has 2 saturated carbocycles. The summed E-state index contributed by atoms with van der Waals surface area (Å²) in [5.74, 6) is 0. The van der Waals surface area contributed by atoms with Gasteiger partial charge in [0.25, 0.3) is 0 Å². The van der Waals surface area contributed by atoms with Crippen molar-refractivity contribution in [3.8, 4) is 0 Å². The van der Waals surface area contributed by atoms with E-state index in [1.165, 1.54) is 31.2 Å². The van der Waals surface area contributed by atoms with Gasteiger partial charge in [0.1, 0.15) is 0 Å². The number of hydrogen-bond acceptors (Lipinski definition) is 3. The maximum atomic E-state index is 9.11. The van der Waals surface area contributed by atoms with E-state index in [0.29, 0.717) is 17.6 Å². The number of nitrogens with zero attached hydrogens (tertiary/aromatic N) is 1. The van der Waals surface area contributed by atoms with Gasteiger partial charge in [-0.15, -0.1) is 0 Å². The van der Waals surface area contributed by atoms with Gasteiger partial charge in [-0.05, 0) is 44.4 Å².